The fourth-order valence-corrected chi connectivity index (χ4v) is 1.39. The normalized spacial score (nSPS) is 13.1. The molecule has 1 heterocycles. The third-order valence-corrected chi connectivity index (χ3v) is 1.93. The van der Waals surface area contributed by atoms with Gasteiger partial charge in [-0.15, -0.1) is 6.58 Å². The number of rotatable bonds is 0. The molecule has 0 aromatic heterocycles. The van der Waals surface area contributed by atoms with E-state index in [4.69, 9.17) is 0 Å². The topological polar surface area (TPSA) is 12.4 Å². The Morgan fingerprint density at radius 3 is 2.57 bits per heavy atom. The van der Waals surface area contributed by atoms with Gasteiger partial charge >= 0.3 is 0 Å². The number of para-hydroxylation sites is 1. The van der Waals surface area contributed by atoms with Crippen molar-refractivity contribution in [3.05, 3.63) is 36.4 Å². The van der Waals surface area contributed by atoms with Gasteiger partial charge in [-0.25, -0.2) is 0 Å². The Kier molecular flexibility index (Phi) is 3.69. The summed E-state index contributed by atoms with van der Waals surface area (Å²) in [5.41, 5.74) is 4.25. The number of fused-ring (bicyclic) bond motifs is 1. The van der Waals surface area contributed by atoms with Crippen LogP contribution in [0.1, 0.15) is 26.3 Å². The van der Waals surface area contributed by atoms with Gasteiger partial charge in [0.15, 0.2) is 0 Å². The van der Waals surface area contributed by atoms with E-state index in [1.165, 1.54) is 0 Å². The molecule has 2 rings (SSSR count). The Morgan fingerprint density at radius 2 is 1.86 bits per heavy atom. The molecule has 1 radical (unpaired) electrons. The molecular formula is C12H15BN. The number of nitrogens with zero attached hydrogens (tertiary/aromatic N) is 1. The second kappa shape index (κ2) is 4.80. The van der Waals surface area contributed by atoms with Crippen LogP contribution >= 0.6 is 0 Å². The van der Waals surface area contributed by atoms with Gasteiger partial charge in [0.1, 0.15) is 0 Å². The van der Waals surface area contributed by atoms with Crippen molar-refractivity contribution in [1.29, 1.82) is 0 Å². The van der Waals surface area contributed by atoms with Crippen LogP contribution in [0.4, 0.5) is 5.69 Å². The molecule has 2 heteroatoms. The van der Waals surface area contributed by atoms with E-state index in [0.717, 1.165) is 22.3 Å². The van der Waals surface area contributed by atoms with E-state index < -0.39 is 0 Å². The lowest BCUT2D eigenvalue weighted by Crippen LogP contribution is -2.10. The molecule has 0 saturated heterocycles. The third kappa shape index (κ3) is 2.14. The largest absolute Gasteiger partial charge is 0.268 e. The summed E-state index contributed by atoms with van der Waals surface area (Å²) in [6.45, 7) is 9.96. The maximum Gasteiger partial charge on any atom is 0.210 e. The zero-order valence-electron chi connectivity index (χ0n) is 9.04. The molecule has 1 aliphatic rings. The quantitative estimate of drug-likeness (QED) is 0.547. The van der Waals surface area contributed by atoms with E-state index in [1.54, 1.807) is 0 Å². The summed E-state index contributed by atoms with van der Waals surface area (Å²) in [7, 11) is 2.00. The van der Waals surface area contributed by atoms with Crippen molar-refractivity contribution in [1.82, 2.24) is 0 Å². The second-order valence-electron chi connectivity index (χ2n) is 2.94. The Bertz CT molecular complexity index is 366. The summed E-state index contributed by atoms with van der Waals surface area (Å²) in [5, 5.41) is 0. The Morgan fingerprint density at radius 1 is 1.21 bits per heavy atom. The molecule has 1 aliphatic heterocycles. The number of aliphatic imine (C=N–C) groups is 1. The van der Waals surface area contributed by atoms with Gasteiger partial charge in [-0.05, 0) is 24.2 Å². The molecule has 0 fully saturated rings. The number of hydrogen-bond donors (Lipinski definition) is 0. The van der Waals surface area contributed by atoms with E-state index >= 15 is 0 Å². The average Bonchev–Trinajstić information content (AvgIpc) is 2.20. The minimum absolute atomic E-state index is 1.03. The summed E-state index contributed by atoms with van der Waals surface area (Å²) in [6, 6.07) is 8.06. The lowest BCUT2D eigenvalue weighted by atomic mass is 9.62. The molecule has 1 nitrogen and oxygen atoms in total. The van der Waals surface area contributed by atoms with Gasteiger partial charge in [-0.3, -0.25) is 4.99 Å². The molecule has 0 N–H and O–H groups in total. The maximum absolute atomic E-state index is 4.40. The highest BCUT2D eigenvalue weighted by atomic mass is 14.7. The molecular weight excluding hydrogens is 169 g/mol. The van der Waals surface area contributed by atoms with Crippen LogP contribution in [0.25, 0.3) is 5.47 Å². The van der Waals surface area contributed by atoms with Gasteiger partial charge in [0.05, 0.1) is 5.69 Å². The van der Waals surface area contributed by atoms with Crippen molar-refractivity contribution in [2.24, 2.45) is 4.99 Å². The first kappa shape index (κ1) is 10.8. The van der Waals surface area contributed by atoms with Crippen LogP contribution in [0.2, 0.25) is 0 Å². The summed E-state index contributed by atoms with van der Waals surface area (Å²) in [6.07, 6.45) is 0. The predicted octanol–water partition coefficient (Wildman–Crippen LogP) is 3.45. The van der Waals surface area contributed by atoms with Crippen LogP contribution in [0.5, 0.6) is 0 Å². The SMILES string of the molecule is C=C1[B]C(C)=Nc2ccccc21.CC. The smallest absolute Gasteiger partial charge is 0.210 e. The minimum Gasteiger partial charge on any atom is -0.268 e. The highest BCUT2D eigenvalue weighted by Gasteiger charge is 2.12. The molecule has 0 unspecified atom stereocenters. The van der Waals surface area contributed by atoms with Crippen LogP contribution in [-0.2, 0) is 0 Å². The van der Waals surface area contributed by atoms with Gasteiger partial charge in [-0.2, -0.15) is 0 Å². The van der Waals surface area contributed by atoms with E-state index in [9.17, 15) is 0 Å². The van der Waals surface area contributed by atoms with Crippen molar-refractivity contribution >= 4 is 24.1 Å². The first-order chi connectivity index (χ1) is 6.77. The lowest BCUT2D eigenvalue weighted by molar-refractivity contribution is 1.48. The Labute approximate surface area is 86.8 Å². The fourth-order valence-electron chi connectivity index (χ4n) is 1.39. The Hall–Kier alpha value is -1.31. The molecule has 14 heavy (non-hydrogen) atoms. The van der Waals surface area contributed by atoms with Crippen LogP contribution in [0, 0.1) is 0 Å². The van der Waals surface area contributed by atoms with Crippen LogP contribution in [-0.4, -0.2) is 12.9 Å². The van der Waals surface area contributed by atoms with Crippen LogP contribution in [0.3, 0.4) is 0 Å². The molecule has 71 valence electrons. The number of hydrogen-bond acceptors (Lipinski definition) is 1. The molecule has 0 amide bonds. The average molecular weight is 184 g/mol. The first-order valence-electron chi connectivity index (χ1n) is 4.96. The molecule has 0 bridgehead atoms. The lowest BCUT2D eigenvalue weighted by Gasteiger charge is -2.13. The summed E-state index contributed by atoms with van der Waals surface area (Å²) < 4.78 is 0. The monoisotopic (exact) mass is 184 g/mol. The predicted molar refractivity (Wildman–Crippen MR) is 65.3 cm³/mol. The van der Waals surface area contributed by atoms with Crippen molar-refractivity contribution < 1.29 is 0 Å². The molecule has 1 aromatic carbocycles. The van der Waals surface area contributed by atoms with Crippen molar-refractivity contribution in [3.63, 3.8) is 0 Å². The van der Waals surface area contributed by atoms with Crippen molar-refractivity contribution in [3.8, 4) is 0 Å². The van der Waals surface area contributed by atoms with E-state index in [1.807, 2.05) is 52.3 Å². The van der Waals surface area contributed by atoms with Crippen LogP contribution in [0.15, 0.2) is 35.8 Å². The molecule has 1 aromatic rings. The van der Waals surface area contributed by atoms with E-state index in [-0.39, 0.29) is 0 Å². The molecule has 0 saturated carbocycles. The standard InChI is InChI=1S/C10H9BN.C2H6/c1-7-9-5-3-4-6-10(9)12-8(2)11-7;1-2/h3-6H,1H2,2H3;1-2H3. The minimum atomic E-state index is 1.03. The van der Waals surface area contributed by atoms with Crippen molar-refractivity contribution in [2.45, 2.75) is 20.8 Å². The molecule has 0 spiro atoms. The zero-order chi connectivity index (χ0) is 10.6. The summed E-state index contributed by atoms with van der Waals surface area (Å²) in [5.74, 6) is 0. The molecule has 0 atom stereocenters. The maximum atomic E-state index is 4.40. The van der Waals surface area contributed by atoms with Gasteiger partial charge in [0.2, 0.25) is 7.28 Å². The van der Waals surface area contributed by atoms with Gasteiger partial charge in [0, 0.05) is 0 Å². The van der Waals surface area contributed by atoms with E-state index in [0.29, 0.717) is 0 Å². The van der Waals surface area contributed by atoms with E-state index in [2.05, 4.69) is 11.6 Å². The Balaban J connectivity index is 0.000000461. The third-order valence-electron chi connectivity index (χ3n) is 1.93. The fraction of sp³-hybridized carbons (Fsp3) is 0.250. The first-order valence-corrected chi connectivity index (χ1v) is 4.96. The summed E-state index contributed by atoms with van der Waals surface area (Å²) in [4.78, 5) is 4.40. The molecule has 0 aliphatic carbocycles. The second-order valence-corrected chi connectivity index (χ2v) is 2.94. The summed E-state index contributed by atoms with van der Waals surface area (Å²) >= 11 is 0. The number of benzene rings is 1. The highest BCUT2D eigenvalue weighted by molar-refractivity contribution is 6.90. The van der Waals surface area contributed by atoms with Gasteiger partial charge in [-0.1, -0.05) is 37.5 Å². The van der Waals surface area contributed by atoms with Gasteiger partial charge < -0.3 is 0 Å². The van der Waals surface area contributed by atoms with Gasteiger partial charge in [0.25, 0.3) is 0 Å². The highest BCUT2D eigenvalue weighted by Crippen LogP contribution is 2.28. The zero-order valence-corrected chi connectivity index (χ0v) is 9.04. The van der Waals surface area contributed by atoms with Crippen molar-refractivity contribution in [2.75, 3.05) is 0 Å². The van der Waals surface area contributed by atoms with Crippen LogP contribution < -0.4 is 0 Å².